The van der Waals surface area contributed by atoms with Crippen LogP contribution in [0, 0.1) is 0 Å². The molecule has 0 saturated heterocycles. The minimum absolute atomic E-state index is 0.178. The molecule has 2 aromatic carbocycles. The summed E-state index contributed by atoms with van der Waals surface area (Å²) in [5.74, 6) is 0.735. The lowest BCUT2D eigenvalue weighted by Gasteiger charge is -2.07. The Bertz CT molecular complexity index is 549. The van der Waals surface area contributed by atoms with Crippen molar-refractivity contribution >= 4 is 11.8 Å². The highest BCUT2D eigenvalue weighted by atomic mass is 32.2. The van der Waals surface area contributed by atoms with Crippen LogP contribution >= 0.6 is 11.8 Å². The minimum Gasteiger partial charge on any atom is -0.508 e. The first-order valence-corrected chi connectivity index (χ1v) is 6.52. The molecule has 2 aromatic rings. The van der Waals surface area contributed by atoms with Crippen molar-refractivity contribution in [3.05, 3.63) is 59.7 Å². The summed E-state index contributed by atoms with van der Waals surface area (Å²) in [6.45, 7) is 0. The zero-order chi connectivity index (χ0) is 13.9. The Kier molecular flexibility index (Phi) is 4.04. The van der Waals surface area contributed by atoms with Crippen molar-refractivity contribution in [2.24, 2.45) is 0 Å². The number of thioether (sulfide) groups is 1. The summed E-state index contributed by atoms with van der Waals surface area (Å²) in [7, 11) is 0. The zero-order valence-corrected chi connectivity index (χ0v) is 10.6. The first-order chi connectivity index (χ1) is 8.95. The lowest BCUT2D eigenvalue weighted by molar-refractivity contribution is -0.137. The predicted molar refractivity (Wildman–Crippen MR) is 69.1 cm³/mol. The highest BCUT2D eigenvalue weighted by Gasteiger charge is 2.29. The van der Waals surface area contributed by atoms with Gasteiger partial charge in [0.2, 0.25) is 0 Å². The second-order valence-electron chi connectivity index (χ2n) is 3.98. The van der Waals surface area contributed by atoms with Gasteiger partial charge in [0.05, 0.1) is 5.56 Å². The number of rotatable bonds is 3. The minimum atomic E-state index is -4.29. The quantitative estimate of drug-likeness (QED) is 0.824. The lowest BCUT2D eigenvalue weighted by Crippen LogP contribution is -2.04. The van der Waals surface area contributed by atoms with E-state index in [4.69, 9.17) is 0 Å². The van der Waals surface area contributed by atoms with Gasteiger partial charge in [-0.15, -0.1) is 11.8 Å². The van der Waals surface area contributed by atoms with E-state index in [1.54, 1.807) is 18.2 Å². The van der Waals surface area contributed by atoms with E-state index in [-0.39, 0.29) is 5.75 Å². The molecule has 0 radical (unpaired) electrons. The Morgan fingerprint density at radius 2 is 1.68 bits per heavy atom. The van der Waals surface area contributed by atoms with Crippen LogP contribution in [-0.4, -0.2) is 5.11 Å². The van der Waals surface area contributed by atoms with Gasteiger partial charge in [-0.3, -0.25) is 0 Å². The van der Waals surface area contributed by atoms with Crippen molar-refractivity contribution < 1.29 is 18.3 Å². The van der Waals surface area contributed by atoms with Crippen LogP contribution in [-0.2, 0) is 11.9 Å². The van der Waals surface area contributed by atoms with E-state index < -0.39 is 11.7 Å². The molecule has 1 N–H and O–H groups in total. The monoisotopic (exact) mass is 284 g/mol. The van der Waals surface area contributed by atoms with Crippen LogP contribution in [0.4, 0.5) is 13.2 Å². The molecular weight excluding hydrogens is 273 g/mol. The molecule has 0 amide bonds. The van der Waals surface area contributed by atoms with Gasteiger partial charge in [-0.25, -0.2) is 0 Å². The van der Waals surface area contributed by atoms with E-state index in [9.17, 15) is 18.3 Å². The van der Waals surface area contributed by atoms with Gasteiger partial charge in [-0.05, 0) is 35.9 Å². The standard InChI is InChI=1S/C14H11F3OS/c15-14(16,17)11-6-4-10(5-7-11)9-19-13-3-1-2-12(18)8-13/h1-8,18H,9H2. The summed E-state index contributed by atoms with van der Waals surface area (Å²) < 4.78 is 37.1. The number of hydrogen-bond acceptors (Lipinski definition) is 2. The molecule has 2 rings (SSSR count). The van der Waals surface area contributed by atoms with E-state index in [0.29, 0.717) is 5.75 Å². The number of aromatic hydroxyl groups is 1. The molecular formula is C14H11F3OS. The maximum Gasteiger partial charge on any atom is 0.416 e. The Labute approximate surface area is 113 Å². The van der Waals surface area contributed by atoms with Crippen molar-refractivity contribution in [3.63, 3.8) is 0 Å². The lowest BCUT2D eigenvalue weighted by atomic mass is 10.1. The van der Waals surface area contributed by atoms with Gasteiger partial charge < -0.3 is 5.11 Å². The first-order valence-electron chi connectivity index (χ1n) is 5.53. The second-order valence-corrected chi connectivity index (χ2v) is 5.03. The van der Waals surface area contributed by atoms with Gasteiger partial charge >= 0.3 is 6.18 Å². The maximum absolute atomic E-state index is 12.4. The molecule has 0 fully saturated rings. The molecule has 100 valence electrons. The summed E-state index contributed by atoms with van der Waals surface area (Å²) in [5.41, 5.74) is 0.167. The third kappa shape index (κ3) is 3.92. The van der Waals surface area contributed by atoms with Crippen molar-refractivity contribution in [3.8, 4) is 5.75 Å². The van der Waals surface area contributed by atoms with Crippen molar-refractivity contribution in [2.45, 2.75) is 16.8 Å². The average Bonchev–Trinajstić information content (AvgIpc) is 2.36. The molecule has 5 heteroatoms. The van der Waals surface area contributed by atoms with Crippen molar-refractivity contribution in [1.29, 1.82) is 0 Å². The van der Waals surface area contributed by atoms with Crippen LogP contribution in [0.5, 0.6) is 5.75 Å². The van der Waals surface area contributed by atoms with Gasteiger partial charge in [0.25, 0.3) is 0 Å². The third-order valence-electron chi connectivity index (χ3n) is 2.50. The highest BCUT2D eigenvalue weighted by Crippen LogP contribution is 2.30. The molecule has 0 bridgehead atoms. The molecule has 0 aliphatic carbocycles. The van der Waals surface area contributed by atoms with Gasteiger partial charge in [0.1, 0.15) is 5.75 Å². The molecule has 1 nitrogen and oxygen atoms in total. The van der Waals surface area contributed by atoms with Crippen LogP contribution in [0.2, 0.25) is 0 Å². The largest absolute Gasteiger partial charge is 0.508 e. The van der Waals surface area contributed by atoms with Gasteiger partial charge in [0.15, 0.2) is 0 Å². The molecule has 0 saturated carbocycles. The van der Waals surface area contributed by atoms with E-state index in [2.05, 4.69) is 0 Å². The molecule has 0 spiro atoms. The van der Waals surface area contributed by atoms with Crippen LogP contribution in [0.1, 0.15) is 11.1 Å². The second kappa shape index (κ2) is 5.57. The highest BCUT2D eigenvalue weighted by molar-refractivity contribution is 7.98. The fourth-order valence-electron chi connectivity index (χ4n) is 1.53. The molecule has 0 heterocycles. The Balaban J connectivity index is 2.01. The Hall–Kier alpha value is -1.62. The third-order valence-corrected chi connectivity index (χ3v) is 3.57. The fourth-order valence-corrected chi connectivity index (χ4v) is 2.43. The van der Waals surface area contributed by atoms with Gasteiger partial charge in [-0.1, -0.05) is 18.2 Å². The summed E-state index contributed by atoms with van der Waals surface area (Å²) in [6.07, 6.45) is -4.29. The van der Waals surface area contributed by atoms with Crippen LogP contribution in [0.25, 0.3) is 0 Å². The Morgan fingerprint density at radius 1 is 1.00 bits per heavy atom. The number of phenols is 1. The van der Waals surface area contributed by atoms with Crippen LogP contribution < -0.4 is 0 Å². The van der Waals surface area contributed by atoms with Crippen molar-refractivity contribution in [2.75, 3.05) is 0 Å². The molecule has 19 heavy (non-hydrogen) atoms. The number of alkyl halides is 3. The summed E-state index contributed by atoms with van der Waals surface area (Å²) in [5, 5.41) is 9.30. The maximum atomic E-state index is 12.4. The number of benzene rings is 2. The average molecular weight is 284 g/mol. The summed E-state index contributed by atoms with van der Waals surface area (Å²) >= 11 is 1.46. The van der Waals surface area contributed by atoms with E-state index in [1.807, 2.05) is 6.07 Å². The van der Waals surface area contributed by atoms with Crippen LogP contribution in [0.3, 0.4) is 0 Å². The molecule has 0 aromatic heterocycles. The first kappa shape index (κ1) is 13.8. The van der Waals surface area contributed by atoms with E-state index >= 15 is 0 Å². The van der Waals surface area contributed by atoms with Gasteiger partial charge in [0, 0.05) is 10.6 Å². The molecule has 0 atom stereocenters. The SMILES string of the molecule is Oc1cccc(SCc2ccc(C(F)(F)F)cc2)c1. The van der Waals surface area contributed by atoms with E-state index in [0.717, 1.165) is 22.6 Å². The Morgan fingerprint density at radius 3 is 2.26 bits per heavy atom. The fraction of sp³-hybridized carbons (Fsp3) is 0.143. The molecule has 0 unspecified atom stereocenters. The molecule has 0 aliphatic heterocycles. The topological polar surface area (TPSA) is 20.2 Å². The molecule has 0 aliphatic rings. The van der Waals surface area contributed by atoms with Crippen molar-refractivity contribution in [1.82, 2.24) is 0 Å². The van der Waals surface area contributed by atoms with Gasteiger partial charge in [-0.2, -0.15) is 13.2 Å². The van der Waals surface area contributed by atoms with Crippen LogP contribution in [0.15, 0.2) is 53.4 Å². The number of halogens is 3. The smallest absolute Gasteiger partial charge is 0.416 e. The summed E-state index contributed by atoms with van der Waals surface area (Å²) in [6, 6.07) is 11.9. The normalized spacial score (nSPS) is 11.5. The predicted octanol–water partition coefficient (Wildman–Crippen LogP) is 4.70. The van der Waals surface area contributed by atoms with E-state index in [1.165, 1.54) is 23.9 Å². The zero-order valence-electron chi connectivity index (χ0n) is 9.82. The number of phenolic OH excluding ortho intramolecular Hbond substituents is 1. The summed E-state index contributed by atoms with van der Waals surface area (Å²) in [4.78, 5) is 0.875. The number of hydrogen-bond donors (Lipinski definition) is 1.